The number of primary amides is 1. The highest BCUT2D eigenvalue weighted by molar-refractivity contribution is 8.00. The van der Waals surface area contributed by atoms with Crippen molar-refractivity contribution in [2.75, 3.05) is 0 Å². The summed E-state index contributed by atoms with van der Waals surface area (Å²) < 4.78 is 1.55. The molecule has 0 saturated heterocycles. The SMILES string of the molecule is CC(Sc1nc2sc(-c3ccccc3)cc2c(=O)n1-c1ccccc1)C(N)=O. The van der Waals surface area contributed by atoms with Crippen molar-refractivity contribution >= 4 is 39.2 Å². The molecule has 28 heavy (non-hydrogen) atoms. The largest absolute Gasteiger partial charge is 0.369 e. The second kappa shape index (κ2) is 7.61. The van der Waals surface area contributed by atoms with Gasteiger partial charge in [-0.2, -0.15) is 0 Å². The number of hydrogen-bond acceptors (Lipinski definition) is 5. The van der Waals surface area contributed by atoms with E-state index in [1.54, 1.807) is 11.5 Å². The molecule has 0 aliphatic carbocycles. The van der Waals surface area contributed by atoms with Crippen molar-refractivity contribution in [3.05, 3.63) is 77.1 Å². The molecule has 0 aliphatic heterocycles. The van der Waals surface area contributed by atoms with Gasteiger partial charge in [-0.05, 0) is 30.7 Å². The van der Waals surface area contributed by atoms with Crippen molar-refractivity contribution in [3.8, 4) is 16.1 Å². The number of rotatable bonds is 5. The molecule has 1 unspecified atom stereocenters. The minimum absolute atomic E-state index is 0.159. The van der Waals surface area contributed by atoms with Crippen molar-refractivity contribution in [2.24, 2.45) is 5.73 Å². The van der Waals surface area contributed by atoms with Crippen LogP contribution in [0.3, 0.4) is 0 Å². The molecule has 5 nitrogen and oxygen atoms in total. The summed E-state index contributed by atoms with van der Waals surface area (Å²) >= 11 is 2.66. The molecular formula is C21H17N3O2S2. The maximum absolute atomic E-state index is 13.3. The van der Waals surface area contributed by atoms with Gasteiger partial charge >= 0.3 is 0 Å². The Hall–Kier alpha value is -2.90. The molecule has 2 aromatic heterocycles. The molecule has 4 rings (SSSR count). The van der Waals surface area contributed by atoms with Crippen LogP contribution >= 0.6 is 23.1 Å². The van der Waals surface area contributed by atoms with Gasteiger partial charge in [0, 0.05) is 4.88 Å². The van der Waals surface area contributed by atoms with Gasteiger partial charge in [-0.3, -0.25) is 14.2 Å². The predicted molar refractivity (Wildman–Crippen MR) is 115 cm³/mol. The van der Waals surface area contributed by atoms with Crippen LogP contribution in [0.4, 0.5) is 0 Å². The lowest BCUT2D eigenvalue weighted by molar-refractivity contribution is -0.117. The van der Waals surface area contributed by atoms with Crippen molar-refractivity contribution in [2.45, 2.75) is 17.3 Å². The number of carbonyl (C=O) groups excluding carboxylic acids is 1. The molecule has 0 aliphatic rings. The average molecular weight is 408 g/mol. The third-order valence-corrected chi connectivity index (χ3v) is 6.44. The van der Waals surface area contributed by atoms with Gasteiger partial charge in [-0.15, -0.1) is 11.3 Å². The summed E-state index contributed by atoms with van der Waals surface area (Å²) in [6, 6.07) is 21.1. The number of nitrogens with two attached hydrogens (primary N) is 1. The smallest absolute Gasteiger partial charge is 0.267 e. The molecule has 140 valence electrons. The molecule has 0 bridgehead atoms. The summed E-state index contributed by atoms with van der Waals surface area (Å²) in [5.41, 5.74) is 7.01. The second-order valence-corrected chi connectivity index (χ2v) is 8.57. The van der Waals surface area contributed by atoms with Crippen molar-refractivity contribution < 1.29 is 4.79 Å². The van der Waals surface area contributed by atoms with E-state index in [1.165, 1.54) is 23.1 Å². The quantitative estimate of drug-likeness (QED) is 0.399. The van der Waals surface area contributed by atoms with Crippen molar-refractivity contribution in [1.82, 2.24) is 9.55 Å². The Bertz CT molecular complexity index is 1200. The van der Waals surface area contributed by atoms with Gasteiger partial charge in [0.25, 0.3) is 5.56 Å². The summed E-state index contributed by atoms with van der Waals surface area (Å²) in [6.45, 7) is 1.71. The van der Waals surface area contributed by atoms with Crippen LogP contribution in [-0.2, 0) is 4.79 Å². The van der Waals surface area contributed by atoms with E-state index in [4.69, 9.17) is 10.7 Å². The molecule has 0 radical (unpaired) electrons. The normalized spacial score (nSPS) is 12.2. The van der Waals surface area contributed by atoms with E-state index >= 15 is 0 Å². The lowest BCUT2D eigenvalue weighted by Crippen LogP contribution is -2.26. The predicted octanol–water partition coefficient (Wildman–Crippen LogP) is 4.08. The number of hydrogen-bond donors (Lipinski definition) is 1. The molecule has 7 heteroatoms. The Labute approximate surface area is 169 Å². The summed E-state index contributed by atoms with van der Waals surface area (Å²) in [5, 5.41) is 0.508. The van der Waals surface area contributed by atoms with E-state index in [0.29, 0.717) is 21.1 Å². The van der Waals surface area contributed by atoms with Gasteiger partial charge in [0.1, 0.15) is 4.83 Å². The first-order valence-electron chi connectivity index (χ1n) is 8.68. The van der Waals surface area contributed by atoms with Gasteiger partial charge < -0.3 is 5.73 Å². The van der Waals surface area contributed by atoms with E-state index in [1.807, 2.05) is 66.7 Å². The zero-order chi connectivity index (χ0) is 19.7. The lowest BCUT2D eigenvalue weighted by atomic mass is 10.2. The number of thioether (sulfide) groups is 1. The van der Waals surface area contributed by atoms with Gasteiger partial charge in [-0.25, -0.2) is 4.98 Å². The Morgan fingerprint density at radius 3 is 2.39 bits per heavy atom. The Kier molecular flexibility index (Phi) is 5.02. The minimum Gasteiger partial charge on any atom is -0.369 e. The Morgan fingerprint density at radius 2 is 1.75 bits per heavy atom. The Balaban J connectivity index is 1.95. The van der Waals surface area contributed by atoms with E-state index in [0.717, 1.165) is 10.4 Å². The summed E-state index contributed by atoms with van der Waals surface area (Å²) in [4.78, 5) is 31.3. The van der Waals surface area contributed by atoms with Crippen molar-refractivity contribution in [1.29, 1.82) is 0 Å². The van der Waals surface area contributed by atoms with E-state index in [9.17, 15) is 9.59 Å². The number of benzene rings is 2. The summed E-state index contributed by atoms with van der Waals surface area (Å²) in [6.07, 6.45) is 0. The molecule has 2 N–H and O–H groups in total. The molecule has 4 aromatic rings. The number of aromatic nitrogens is 2. The molecular weight excluding hydrogens is 390 g/mol. The Morgan fingerprint density at radius 1 is 1.11 bits per heavy atom. The average Bonchev–Trinajstić information content (AvgIpc) is 3.14. The summed E-state index contributed by atoms with van der Waals surface area (Å²) in [5.74, 6) is -0.449. The number of para-hydroxylation sites is 1. The molecule has 2 aromatic carbocycles. The first-order valence-corrected chi connectivity index (χ1v) is 10.4. The number of fused-ring (bicyclic) bond motifs is 1. The fourth-order valence-electron chi connectivity index (χ4n) is 2.81. The van der Waals surface area contributed by atoms with Crippen LogP contribution in [-0.4, -0.2) is 20.7 Å². The van der Waals surface area contributed by atoms with Gasteiger partial charge in [0.2, 0.25) is 5.91 Å². The molecule has 1 amide bonds. The van der Waals surface area contributed by atoms with Gasteiger partial charge in [0.15, 0.2) is 5.16 Å². The van der Waals surface area contributed by atoms with Crippen LogP contribution in [0, 0.1) is 0 Å². The van der Waals surface area contributed by atoms with Crippen LogP contribution in [0.1, 0.15) is 6.92 Å². The third-order valence-electron chi connectivity index (χ3n) is 4.29. The molecule has 0 saturated carbocycles. The van der Waals surface area contributed by atoms with Crippen LogP contribution < -0.4 is 11.3 Å². The third kappa shape index (κ3) is 3.46. The molecule has 1 atom stereocenters. The maximum Gasteiger partial charge on any atom is 0.267 e. The van der Waals surface area contributed by atoms with E-state index < -0.39 is 11.2 Å². The number of amides is 1. The van der Waals surface area contributed by atoms with Crippen molar-refractivity contribution in [3.63, 3.8) is 0 Å². The van der Waals surface area contributed by atoms with Crippen LogP contribution in [0.25, 0.3) is 26.3 Å². The highest BCUT2D eigenvalue weighted by Gasteiger charge is 2.20. The fraction of sp³-hybridized carbons (Fsp3) is 0.0952. The van der Waals surface area contributed by atoms with Crippen LogP contribution in [0.2, 0.25) is 0 Å². The zero-order valence-corrected chi connectivity index (χ0v) is 16.7. The zero-order valence-electron chi connectivity index (χ0n) is 15.0. The van der Waals surface area contributed by atoms with Crippen LogP contribution in [0.5, 0.6) is 0 Å². The highest BCUT2D eigenvalue weighted by Crippen LogP contribution is 2.33. The molecule has 0 fully saturated rings. The topological polar surface area (TPSA) is 78.0 Å². The van der Waals surface area contributed by atoms with Gasteiger partial charge in [0.05, 0.1) is 16.3 Å². The standard InChI is InChI=1S/C21H17N3O2S2/c1-13(18(22)25)27-21-23-19-16(12-17(28-19)14-8-4-2-5-9-14)20(26)24(21)15-10-6-3-7-11-15/h2-13H,1H3,(H2,22,25). The monoisotopic (exact) mass is 407 g/mol. The number of thiophene rings is 1. The van der Waals surface area contributed by atoms with Crippen LogP contribution in [0.15, 0.2) is 76.7 Å². The highest BCUT2D eigenvalue weighted by atomic mass is 32.2. The summed E-state index contributed by atoms with van der Waals surface area (Å²) in [7, 11) is 0. The van der Waals surface area contributed by atoms with E-state index in [2.05, 4.69) is 0 Å². The molecule has 2 heterocycles. The first-order chi connectivity index (χ1) is 13.5. The lowest BCUT2D eigenvalue weighted by Gasteiger charge is -2.13. The minimum atomic E-state index is -0.507. The second-order valence-electron chi connectivity index (χ2n) is 6.23. The first kappa shape index (κ1) is 18.5. The fourth-order valence-corrected chi connectivity index (χ4v) is 4.76. The number of nitrogens with zero attached hydrogens (tertiary/aromatic N) is 2. The van der Waals surface area contributed by atoms with E-state index in [-0.39, 0.29) is 5.56 Å². The number of carbonyl (C=O) groups is 1. The van der Waals surface area contributed by atoms with Gasteiger partial charge in [-0.1, -0.05) is 60.3 Å². The molecule has 0 spiro atoms. The maximum atomic E-state index is 13.3.